The van der Waals surface area contributed by atoms with Crippen LogP contribution in [0.25, 0.3) is 0 Å². The van der Waals surface area contributed by atoms with E-state index in [2.05, 4.69) is 0 Å². The zero-order chi connectivity index (χ0) is 21.0. The molecule has 0 aliphatic carbocycles. The van der Waals surface area contributed by atoms with E-state index >= 15 is 0 Å². The molecule has 0 rings (SSSR count). The smallest absolute Gasteiger partial charge is 0.279 e. The predicted molar refractivity (Wildman–Crippen MR) is 52.8 cm³/mol. The third-order valence-corrected chi connectivity index (χ3v) is 2.63. The van der Waals surface area contributed by atoms with Crippen LogP contribution >= 0.6 is 0 Å². The molecule has 0 saturated heterocycles. The van der Waals surface area contributed by atoms with Crippen molar-refractivity contribution in [3.8, 4) is 0 Å². The average Bonchev–Trinajstić information content (AvgIpc) is 2.08. The Kier molecular flexibility index (Phi) is 13.3. The van der Waals surface area contributed by atoms with Gasteiger partial charge in [-0.25, -0.2) is 0 Å². The molecule has 0 spiro atoms. The molecule has 3 N–H and O–H groups in total. The number of halogens is 9. The van der Waals surface area contributed by atoms with Crippen LogP contribution in [0.1, 0.15) is 0 Å². The van der Waals surface area contributed by atoms with Gasteiger partial charge in [-0.15, -0.1) is 0 Å². The summed E-state index contributed by atoms with van der Waals surface area (Å²) in [4.78, 5) is 0. The van der Waals surface area contributed by atoms with Crippen LogP contribution in [-0.2, 0) is 30.4 Å². The fourth-order valence-electron chi connectivity index (χ4n) is 0. The van der Waals surface area contributed by atoms with Gasteiger partial charge in [-0.1, -0.05) is 0 Å². The Labute approximate surface area is 163 Å². The molecule has 0 saturated carbocycles. The summed E-state index contributed by atoms with van der Waals surface area (Å²) in [7, 11) is -17.5. The van der Waals surface area contributed by atoms with Crippen LogP contribution in [0.4, 0.5) is 39.5 Å². The molecule has 0 heterocycles. The Balaban J connectivity index is -0.000000130. The molecule has 0 unspecified atom stereocenters. The Morgan fingerprint density at radius 3 is 0.480 bits per heavy atom. The molecule has 1 radical (unpaired) electrons. The Hall–Kier alpha value is 0.386. The molecule has 0 bridgehead atoms. The summed E-state index contributed by atoms with van der Waals surface area (Å²) in [5.41, 5.74) is -16.6. The molecule has 9 nitrogen and oxygen atoms in total. The molecule has 0 amide bonds. The minimum atomic E-state index is -5.84. The first-order valence-corrected chi connectivity index (χ1v) is 8.18. The van der Waals surface area contributed by atoms with E-state index in [4.69, 9.17) is 38.9 Å². The van der Waals surface area contributed by atoms with Crippen molar-refractivity contribution in [3.63, 3.8) is 0 Å². The predicted octanol–water partition coefficient (Wildman–Crippen LogP) is 1.18. The van der Waals surface area contributed by atoms with Crippen LogP contribution in [0.3, 0.4) is 0 Å². The molecule has 0 atom stereocenters. The first-order chi connectivity index (χ1) is 9.75. The van der Waals surface area contributed by atoms with E-state index < -0.39 is 46.9 Å². The van der Waals surface area contributed by atoms with Crippen molar-refractivity contribution in [2.24, 2.45) is 0 Å². The quantitative estimate of drug-likeness (QED) is 0.208. The SMILES string of the molecule is O=S(=O)(O)C(F)(F)F.O=S(=O)(O)C(F)(F)F.O=S(=O)(O)C(F)(F)F.[Tb]. The van der Waals surface area contributed by atoms with Gasteiger partial charge in [0, 0.05) is 38.6 Å². The number of alkyl halides is 9. The van der Waals surface area contributed by atoms with Crippen molar-refractivity contribution < 1.29 is 117 Å². The van der Waals surface area contributed by atoms with Gasteiger partial charge in [-0.3, -0.25) is 13.7 Å². The van der Waals surface area contributed by atoms with Crippen molar-refractivity contribution in [1.82, 2.24) is 0 Å². The molecular weight excluding hydrogens is 606 g/mol. The molecule has 0 aliphatic rings. The van der Waals surface area contributed by atoms with Crippen molar-refractivity contribution in [3.05, 3.63) is 0 Å². The van der Waals surface area contributed by atoms with Crippen LogP contribution in [-0.4, -0.2) is 55.4 Å². The molecular formula is C3H3F9O9S3Tb. The molecule has 0 aromatic heterocycles. The van der Waals surface area contributed by atoms with Gasteiger partial charge in [0.25, 0.3) is 0 Å². The topological polar surface area (TPSA) is 163 Å². The number of hydrogen-bond acceptors (Lipinski definition) is 6. The van der Waals surface area contributed by atoms with Gasteiger partial charge in [-0.05, 0) is 0 Å². The summed E-state index contributed by atoms with van der Waals surface area (Å²) < 4.78 is 173. The maximum absolute atomic E-state index is 10.7. The van der Waals surface area contributed by atoms with Crippen LogP contribution < -0.4 is 0 Å². The summed E-state index contributed by atoms with van der Waals surface area (Å²) >= 11 is 0. The summed E-state index contributed by atoms with van der Waals surface area (Å²) in [5.74, 6) is 0. The van der Waals surface area contributed by atoms with E-state index in [9.17, 15) is 39.5 Å². The second-order valence-corrected chi connectivity index (χ2v) is 7.00. The molecule has 25 heavy (non-hydrogen) atoms. The normalized spacial score (nSPS) is 13.4. The standard InChI is InChI=1S/3CHF3O3S.Tb/c3*2-1(3,4)8(5,6)7;/h3*(H,5,6,7);. The summed E-state index contributed by atoms with van der Waals surface area (Å²) in [6, 6.07) is 0. The van der Waals surface area contributed by atoms with E-state index in [1.165, 1.54) is 0 Å². The van der Waals surface area contributed by atoms with E-state index in [0.717, 1.165) is 0 Å². The van der Waals surface area contributed by atoms with Crippen LogP contribution in [0.2, 0.25) is 0 Å². The van der Waals surface area contributed by atoms with E-state index in [1.54, 1.807) is 0 Å². The van der Waals surface area contributed by atoms with Gasteiger partial charge in [0.15, 0.2) is 0 Å². The van der Waals surface area contributed by atoms with Gasteiger partial charge in [0.2, 0.25) is 0 Å². The van der Waals surface area contributed by atoms with Gasteiger partial charge in [0.05, 0.1) is 0 Å². The Morgan fingerprint density at radius 1 is 0.440 bits per heavy atom. The van der Waals surface area contributed by atoms with Crippen LogP contribution in [0, 0.1) is 38.6 Å². The van der Waals surface area contributed by atoms with Crippen LogP contribution in [0.15, 0.2) is 0 Å². The van der Waals surface area contributed by atoms with Crippen molar-refractivity contribution in [2.75, 3.05) is 0 Å². The van der Waals surface area contributed by atoms with Crippen molar-refractivity contribution in [1.29, 1.82) is 0 Å². The maximum Gasteiger partial charge on any atom is 0.522 e. The van der Waals surface area contributed by atoms with Gasteiger partial charge >= 0.3 is 46.9 Å². The fourth-order valence-corrected chi connectivity index (χ4v) is 0. The van der Waals surface area contributed by atoms with E-state index in [-0.39, 0.29) is 38.6 Å². The monoisotopic (exact) mass is 609 g/mol. The maximum atomic E-state index is 10.7. The molecule has 22 heteroatoms. The Bertz CT molecular complexity index is 596. The van der Waals surface area contributed by atoms with Gasteiger partial charge in [-0.2, -0.15) is 64.8 Å². The number of rotatable bonds is 0. The molecule has 0 fully saturated rings. The van der Waals surface area contributed by atoms with Crippen LogP contribution in [0.5, 0.6) is 0 Å². The zero-order valence-electron chi connectivity index (χ0n) is 10.3. The number of hydrogen-bond donors (Lipinski definition) is 3. The summed E-state index contributed by atoms with van der Waals surface area (Å²) in [6.45, 7) is 0. The molecule has 0 aromatic carbocycles. The minimum absolute atomic E-state index is 0. The van der Waals surface area contributed by atoms with Crippen molar-refractivity contribution >= 4 is 30.4 Å². The minimum Gasteiger partial charge on any atom is -0.279 e. The summed E-state index contributed by atoms with van der Waals surface area (Å²) in [5, 5.41) is 0. The Morgan fingerprint density at radius 2 is 0.480 bits per heavy atom. The first kappa shape index (κ1) is 33.0. The largest absolute Gasteiger partial charge is 0.522 e. The third-order valence-electron chi connectivity index (χ3n) is 0.877. The second-order valence-electron chi connectivity index (χ2n) is 2.76. The second kappa shape index (κ2) is 10.1. The van der Waals surface area contributed by atoms with Crippen molar-refractivity contribution in [2.45, 2.75) is 16.5 Å². The third kappa shape index (κ3) is 16.3. The zero-order valence-corrected chi connectivity index (χ0v) is 14.8. The average molecular weight is 609 g/mol. The van der Waals surface area contributed by atoms with Gasteiger partial charge in [0.1, 0.15) is 0 Å². The van der Waals surface area contributed by atoms with Gasteiger partial charge < -0.3 is 0 Å². The molecule has 159 valence electrons. The first-order valence-electron chi connectivity index (χ1n) is 3.86. The summed E-state index contributed by atoms with van der Waals surface area (Å²) in [6.07, 6.45) is 0. The van der Waals surface area contributed by atoms with E-state index in [1.807, 2.05) is 0 Å². The van der Waals surface area contributed by atoms with E-state index in [0.29, 0.717) is 0 Å². The molecule has 0 aliphatic heterocycles. The molecule has 0 aromatic rings. The fraction of sp³-hybridized carbons (Fsp3) is 1.00.